The summed E-state index contributed by atoms with van der Waals surface area (Å²) in [5, 5.41) is 5.85. The Morgan fingerprint density at radius 3 is 2.32 bits per heavy atom. The van der Waals surface area contributed by atoms with E-state index in [9.17, 15) is 18.0 Å². The molecule has 0 unspecified atom stereocenters. The van der Waals surface area contributed by atoms with Gasteiger partial charge in [-0.15, -0.1) is 0 Å². The Kier molecular flexibility index (Phi) is 10.9. The Morgan fingerprint density at radius 2 is 1.73 bits per heavy atom. The highest BCUT2D eigenvalue weighted by Crippen LogP contribution is 2.23. The zero-order valence-electron chi connectivity index (χ0n) is 24.8. The van der Waals surface area contributed by atoms with E-state index in [1.165, 1.54) is 0 Å². The third-order valence-corrected chi connectivity index (χ3v) is 8.03. The Bertz CT molecular complexity index is 1340. The molecule has 0 aromatic heterocycles. The topological polar surface area (TPSA) is 135 Å². The maximum absolute atomic E-state index is 13.4. The number of carbonyl (C=O) groups excluding carboxylic acids is 2. The van der Waals surface area contributed by atoms with Gasteiger partial charge in [0.05, 0.1) is 11.5 Å². The summed E-state index contributed by atoms with van der Waals surface area (Å²) >= 11 is 0. The average molecular weight is 587 g/mol. The highest BCUT2D eigenvalue weighted by Gasteiger charge is 2.31. The van der Waals surface area contributed by atoms with E-state index in [0.29, 0.717) is 42.2 Å². The van der Waals surface area contributed by atoms with Crippen LogP contribution in [0.4, 0.5) is 0 Å². The number of esters is 1. The van der Waals surface area contributed by atoms with E-state index in [0.717, 1.165) is 24.1 Å². The summed E-state index contributed by atoms with van der Waals surface area (Å²) in [5.41, 5.74) is 2.34. The van der Waals surface area contributed by atoms with Crippen molar-refractivity contribution in [3.63, 3.8) is 0 Å². The van der Waals surface area contributed by atoms with Crippen molar-refractivity contribution in [1.82, 2.24) is 15.4 Å². The lowest BCUT2D eigenvalue weighted by Gasteiger charge is -2.25. The predicted octanol–water partition coefficient (Wildman–Crippen LogP) is 3.47. The van der Waals surface area contributed by atoms with Crippen molar-refractivity contribution in [2.45, 2.75) is 83.8 Å². The Labute approximate surface area is 243 Å². The van der Waals surface area contributed by atoms with E-state index in [-0.39, 0.29) is 23.8 Å². The van der Waals surface area contributed by atoms with Gasteiger partial charge >= 0.3 is 5.97 Å². The maximum Gasteiger partial charge on any atom is 0.324 e. The number of aliphatic imine (C=N–C) groups is 1. The van der Waals surface area contributed by atoms with Crippen molar-refractivity contribution in [1.29, 1.82) is 0 Å². The first kappa shape index (κ1) is 32.1. The van der Waals surface area contributed by atoms with Crippen LogP contribution in [0.5, 0.6) is 5.75 Å². The molecule has 1 amide bonds. The van der Waals surface area contributed by atoms with Crippen LogP contribution < -0.4 is 20.1 Å². The first-order valence-electron chi connectivity index (χ1n) is 13.9. The highest BCUT2D eigenvalue weighted by molar-refractivity contribution is 7.89. The van der Waals surface area contributed by atoms with Crippen molar-refractivity contribution in [3.05, 3.63) is 58.7 Å². The quantitative estimate of drug-likeness (QED) is 0.343. The first-order valence-corrected chi connectivity index (χ1v) is 15.3. The molecule has 41 heavy (non-hydrogen) atoms. The molecular weight excluding hydrogens is 544 g/mol. The number of guanidine groups is 1. The minimum atomic E-state index is -4.01. The van der Waals surface area contributed by atoms with Gasteiger partial charge in [-0.2, -0.15) is 4.72 Å². The number of nitrogens with one attached hydrogen (secondary N) is 3. The number of ether oxygens (including phenoxy) is 2. The number of amides is 1. The number of nitrogens with zero attached hydrogens (tertiary/aromatic N) is 1. The zero-order valence-corrected chi connectivity index (χ0v) is 25.6. The molecule has 1 aliphatic rings. The van der Waals surface area contributed by atoms with Gasteiger partial charge in [0, 0.05) is 25.9 Å². The van der Waals surface area contributed by atoms with Gasteiger partial charge in [-0.05, 0) is 83.2 Å². The third-order valence-electron chi connectivity index (χ3n) is 6.26. The molecule has 0 saturated heterocycles. The lowest BCUT2D eigenvalue weighted by atomic mass is 10.1. The molecule has 1 atom stereocenters. The van der Waals surface area contributed by atoms with Gasteiger partial charge in [-0.3, -0.25) is 19.9 Å². The van der Waals surface area contributed by atoms with E-state index in [1.54, 1.807) is 58.9 Å². The molecule has 1 aliphatic heterocycles. The molecule has 0 saturated carbocycles. The Balaban J connectivity index is 1.59. The average Bonchev–Trinajstić information content (AvgIpc) is 2.86. The van der Waals surface area contributed by atoms with Crippen LogP contribution in [0.15, 0.2) is 46.3 Å². The molecule has 0 radical (unpaired) electrons. The van der Waals surface area contributed by atoms with Crippen LogP contribution in [0.3, 0.4) is 0 Å². The van der Waals surface area contributed by atoms with Gasteiger partial charge in [0.25, 0.3) is 0 Å². The van der Waals surface area contributed by atoms with Crippen molar-refractivity contribution >= 4 is 27.9 Å². The summed E-state index contributed by atoms with van der Waals surface area (Å²) in [6.45, 7) is 12.2. The van der Waals surface area contributed by atoms with E-state index < -0.39 is 27.6 Å². The molecule has 11 heteroatoms. The second kappa shape index (κ2) is 14.0. The summed E-state index contributed by atoms with van der Waals surface area (Å²) in [6.07, 6.45) is 1.90. The van der Waals surface area contributed by atoms with Gasteiger partial charge in [0.1, 0.15) is 17.4 Å². The van der Waals surface area contributed by atoms with Crippen LogP contribution in [0.2, 0.25) is 0 Å². The van der Waals surface area contributed by atoms with E-state index in [2.05, 4.69) is 20.3 Å². The van der Waals surface area contributed by atoms with E-state index in [4.69, 9.17) is 9.47 Å². The van der Waals surface area contributed by atoms with Crippen LogP contribution in [-0.4, -0.2) is 57.6 Å². The molecule has 2 aromatic rings. The summed E-state index contributed by atoms with van der Waals surface area (Å²) in [7, 11) is -4.01. The van der Waals surface area contributed by atoms with Gasteiger partial charge in [-0.25, -0.2) is 8.42 Å². The summed E-state index contributed by atoms with van der Waals surface area (Å²) < 4.78 is 40.6. The zero-order chi connectivity index (χ0) is 30.2. The van der Waals surface area contributed by atoms with Crippen molar-refractivity contribution in [3.8, 4) is 5.75 Å². The number of hydrogen-bond donors (Lipinski definition) is 3. The molecule has 224 valence electrons. The lowest BCUT2D eigenvalue weighted by molar-refractivity contribution is -0.157. The molecular formula is C30H42N4O6S. The molecule has 0 fully saturated rings. The number of sulfonamides is 1. The largest absolute Gasteiger partial charge is 0.494 e. The fraction of sp³-hybridized carbons (Fsp3) is 0.500. The van der Waals surface area contributed by atoms with Crippen molar-refractivity contribution in [2.75, 3.05) is 19.7 Å². The standard InChI is InChI=1S/C30H42N4O6S/c1-20-18-21(2)27(22(3)19-20)41(37,38)34-25(28(36)40-30(4,5)6)14-17-39-24-11-8-23(9-12-24)10-13-26(35)33-29-31-15-7-16-32-29/h8-9,11-12,18-19,25,34H,7,10,13-17H2,1-6H3,(H2,31,32,33,35)/t25-/m0/s1. The van der Waals surface area contributed by atoms with Gasteiger partial charge < -0.3 is 14.8 Å². The van der Waals surface area contributed by atoms with Gasteiger partial charge in [0.15, 0.2) is 5.96 Å². The molecule has 0 spiro atoms. The Hall–Kier alpha value is -3.44. The minimum absolute atomic E-state index is 0.0674. The minimum Gasteiger partial charge on any atom is -0.494 e. The van der Waals surface area contributed by atoms with Gasteiger partial charge in [0.2, 0.25) is 15.9 Å². The lowest BCUT2D eigenvalue weighted by Crippen LogP contribution is -2.45. The van der Waals surface area contributed by atoms with E-state index in [1.807, 2.05) is 19.1 Å². The third kappa shape index (κ3) is 10.2. The summed E-state index contributed by atoms with van der Waals surface area (Å²) in [6, 6.07) is 9.77. The van der Waals surface area contributed by atoms with Gasteiger partial charge in [-0.1, -0.05) is 29.8 Å². The van der Waals surface area contributed by atoms with Crippen LogP contribution in [0.1, 0.15) is 62.3 Å². The van der Waals surface area contributed by atoms with Crippen LogP contribution >= 0.6 is 0 Å². The van der Waals surface area contributed by atoms with Crippen LogP contribution in [0.25, 0.3) is 0 Å². The monoisotopic (exact) mass is 586 g/mol. The fourth-order valence-electron chi connectivity index (χ4n) is 4.55. The number of aryl methyl sites for hydroxylation is 4. The maximum atomic E-state index is 13.4. The normalized spacial score (nSPS) is 14.4. The Morgan fingerprint density at radius 1 is 1.07 bits per heavy atom. The predicted molar refractivity (Wildman–Crippen MR) is 159 cm³/mol. The summed E-state index contributed by atoms with van der Waals surface area (Å²) in [4.78, 5) is 29.6. The number of carbonyl (C=O) groups is 2. The van der Waals surface area contributed by atoms with E-state index >= 15 is 0 Å². The highest BCUT2D eigenvalue weighted by atomic mass is 32.2. The second-order valence-electron chi connectivity index (χ2n) is 11.3. The summed E-state index contributed by atoms with van der Waals surface area (Å²) in [5.74, 6) is 0.316. The molecule has 3 N–H and O–H groups in total. The molecule has 1 heterocycles. The number of rotatable bonds is 11. The second-order valence-corrected chi connectivity index (χ2v) is 12.9. The SMILES string of the molecule is Cc1cc(C)c(S(=O)(=O)N[C@@H](CCOc2ccc(CCC(=O)NC3=NCCCN3)cc2)C(=O)OC(C)(C)C)c(C)c1. The molecule has 0 bridgehead atoms. The number of benzene rings is 2. The fourth-order valence-corrected chi connectivity index (χ4v) is 6.22. The number of hydrogen-bond acceptors (Lipinski definition) is 8. The molecule has 0 aliphatic carbocycles. The first-order chi connectivity index (χ1) is 19.2. The van der Waals surface area contributed by atoms with Crippen molar-refractivity contribution in [2.24, 2.45) is 4.99 Å². The molecule has 2 aromatic carbocycles. The van der Waals surface area contributed by atoms with Crippen molar-refractivity contribution < 1.29 is 27.5 Å². The molecule has 3 rings (SSSR count). The van der Waals surface area contributed by atoms with Crippen LogP contribution in [-0.2, 0) is 30.8 Å². The van der Waals surface area contributed by atoms with Crippen LogP contribution in [0, 0.1) is 20.8 Å². The smallest absolute Gasteiger partial charge is 0.324 e. The molecule has 10 nitrogen and oxygen atoms in total.